The molecule has 0 saturated heterocycles. The van der Waals surface area contributed by atoms with Crippen molar-refractivity contribution in [1.82, 2.24) is 5.32 Å². The summed E-state index contributed by atoms with van der Waals surface area (Å²) < 4.78 is 5.29. The summed E-state index contributed by atoms with van der Waals surface area (Å²) in [5.41, 5.74) is 1.69. The van der Waals surface area contributed by atoms with Crippen LogP contribution in [0, 0.1) is 0 Å². The van der Waals surface area contributed by atoms with Gasteiger partial charge in [-0.1, -0.05) is 12.1 Å². The van der Waals surface area contributed by atoms with Crippen LogP contribution >= 0.6 is 0 Å². The smallest absolute Gasteiger partial charge is 0.134 e. The molecule has 2 unspecified atom stereocenters. The highest BCUT2D eigenvalue weighted by atomic mass is 16.3. The Labute approximate surface area is 88.7 Å². The van der Waals surface area contributed by atoms with Gasteiger partial charge in [0.2, 0.25) is 0 Å². The van der Waals surface area contributed by atoms with Crippen molar-refractivity contribution in [1.29, 1.82) is 0 Å². The van der Waals surface area contributed by atoms with Gasteiger partial charge in [0.25, 0.3) is 0 Å². The van der Waals surface area contributed by atoms with Gasteiger partial charge < -0.3 is 14.8 Å². The average Bonchev–Trinajstić information content (AvgIpc) is 2.73. The van der Waals surface area contributed by atoms with Gasteiger partial charge in [-0.05, 0) is 31.7 Å². The number of aliphatic hydroxyl groups is 1. The van der Waals surface area contributed by atoms with E-state index in [4.69, 9.17) is 4.42 Å². The first-order chi connectivity index (χ1) is 7.22. The van der Waals surface area contributed by atoms with Gasteiger partial charge in [-0.25, -0.2) is 0 Å². The molecule has 80 valence electrons. The Morgan fingerprint density at radius 1 is 1.33 bits per heavy atom. The summed E-state index contributed by atoms with van der Waals surface area (Å²) >= 11 is 0. The van der Waals surface area contributed by atoms with E-state index in [0.717, 1.165) is 16.5 Å². The van der Waals surface area contributed by atoms with Crippen molar-refractivity contribution in [2.75, 3.05) is 7.05 Å². The molecule has 2 N–H and O–H groups in total. The van der Waals surface area contributed by atoms with Crippen molar-refractivity contribution in [3.05, 3.63) is 36.1 Å². The zero-order valence-electron chi connectivity index (χ0n) is 8.90. The molecule has 2 aromatic rings. The second-order valence-corrected chi connectivity index (χ2v) is 3.74. The van der Waals surface area contributed by atoms with Crippen LogP contribution in [0.3, 0.4) is 0 Å². The third kappa shape index (κ3) is 1.89. The van der Waals surface area contributed by atoms with Gasteiger partial charge in [0.1, 0.15) is 5.58 Å². The first kappa shape index (κ1) is 10.2. The van der Waals surface area contributed by atoms with Crippen LogP contribution in [-0.2, 0) is 0 Å². The first-order valence-electron chi connectivity index (χ1n) is 5.05. The summed E-state index contributed by atoms with van der Waals surface area (Å²) in [4.78, 5) is 0. The molecule has 0 aliphatic heterocycles. The topological polar surface area (TPSA) is 45.4 Å². The number of nitrogens with one attached hydrogen (secondary N) is 1. The molecular weight excluding hydrogens is 190 g/mol. The predicted octanol–water partition coefficient (Wildman–Crippen LogP) is 2.07. The third-order valence-electron chi connectivity index (χ3n) is 2.75. The minimum absolute atomic E-state index is 0.0254. The molecule has 0 aliphatic carbocycles. The van der Waals surface area contributed by atoms with Gasteiger partial charge in [0.05, 0.1) is 12.4 Å². The quantitative estimate of drug-likeness (QED) is 0.806. The average molecular weight is 205 g/mol. The monoisotopic (exact) mass is 205 g/mol. The van der Waals surface area contributed by atoms with E-state index in [1.54, 1.807) is 6.26 Å². The summed E-state index contributed by atoms with van der Waals surface area (Å²) in [5.74, 6) is 0. The summed E-state index contributed by atoms with van der Waals surface area (Å²) in [6, 6.07) is 7.70. The van der Waals surface area contributed by atoms with Gasteiger partial charge in [-0.3, -0.25) is 0 Å². The number of benzene rings is 1. The molecule has 0 radical (unpaired) electrons. The van der Waals surface area contributed by atoms with E-state index in [2.05, 4.69) is 5.32 Å². The third-order valence-corrected chi connectivity index (χ3v) is 2.75. The largest absolute Gasteiger partial charge is 0.464 e. The highest BCUT2D eigenvalue weighted by Gasteiger charge is 2.15. The van der Waals surface area contributed by atoms with E-state index in [-0.39, 0.29) is 6.04 Å². The van der Waals surface area contributed by atoms with Crippen LogP contribution in [0.1, 0.15) is 18.6 Å². The van der Waals surface area contributed by atoms with Crippen molar-refractivity contribution in [3.8, 4) is 0 Å². The number of rotatable bonds is 3. The van der Waals surface area contributed by atoms with Gasteiger partial charge in [0.15, 0.2) is 0 Å². The number of fused-ring (bicyclic) bond motifs is 1. The summed E-state index contributed by atoms with van der Waals surface area (Å²) in [6.45, 7) is 1.94. The Bertz CT molecular complexity index is 450. The van der Waals surface area contributed by atoms with Crippen molar-refractivity contribution < 1.29 is 9.52 Å². The molecule has 0 fully saturated rings. The van der Waals surface area contributed by atoms with E-state index < -0.39 is 6.10 Å². The van der Waals surface area contributed by atoms with Gasteiger partial charge in [-0.15, -0.1) is 0 Å². The molecular formula is C12H15NO2. The lowest BCUT2D eigenvalue weighted by atomic mass is 10.0. The molecule has 2 rings (SSSR count). The zero-order chi connectivity index (χ0) is 10.8. The molecule has 1 aromatic heterocycles. The molecule has 1 aromatic carbocycles. The highest BCUT2D eigenvalue weighted by Crippen LogP contribution is 2.22. The van der Waals surface area contributed by atoms with Crippen molar-refractivity contribution in [3.63, 3.8) is 0 Å². The number of hydrogen-bond donors (Lipinski definition) is 2. The molecule has 1 heterocycles. The maximum Gasteiger partial charge on any atom is 0.134 e. The number of hydrogen-bond acceptors (Lipinski definition) is 3. The molecule has 0 bridgehead atoms. The maximum atomic E-state index is 9.98. The fourth-order valence-corrected chi connectivity index (χ4v) is 1.60. The van der Waals surface area contributed by atoms with Crippen LogP contribution in [-0.4, -0.2) is 18.2 Å². The summed E-state index contributed by atoms with van der Waals surface area (Å²) in [7, 11) is 1.83. The molecule has 3 nitrogen and oxygen atoms in total. The van der Waals surface area contributed by atoms with Crippen molar-refractivity contribution >= 4 is 11.0 Å². The van der Waals surface area contributed by atoms with E-state index >= 15 is 0 Å². The second kappa shape index (κ2) is 4.04. The molecule has 2 atom stereocenters. The van der Waals surface area contributed by atoms with Gasteiger partial charge >= 0.3 is 0 Å². The van der Waals surface area contributed by atoms with Crippen LogP contribution in [0.15, 0.2) is 34.9 Å². The maximum absolute atomic E-state index is 9.98. The van der Waals surface area contributed by atoms with E-state index in [0.29, 0.717) is 0 Å². The van der Waals surface area contributed by atoms with Gasteiger partial charge in [-0.2, -0.15) is 0 Å². The van der Waals surface area contributed by atoms with Gasteiger partial charge in [0, 0.05) is 11.4 Å². The Balaban J connectivity index is 2.35. The van der Waals surface area contributed by atoms with Crippen LogP contribution in [0.4, 0.5) is 0 Å². The standard InChI is InChI=1S/C12H15NO2/c1-8(13-2)12(14)10-4-3-9-5-6-15-11(9)7-10/h3-8,12-14H,1-2H3. The Kier molecular flexibility index (Phi) is 2.75. The fraction of sp³-hybridized carbons (Fsp3) is 0.333. The van der Waals surface area contributed by atoms with Crippen LogP contribution in [0.5, 0.6) is 0 Å². The van der Waals surface area contributed by atoms with E-state index in [9.17, 15) is 5.11 Å². The lowest BCUT2D eigenvalue weighted by molar-refractivity contribution is 0.140. The predicted molar refractivity (Wildman–Crippen MR) is 59.7 cm³/mol. The SMILES string of the molecule is CNC(C)C(O)c1ccc2ccoc2c1. The number of furan rings is 1. The molecule has 0 spiro atoms. The van der Waals surface area contributed by atoms with Crippen LogP contribution in [0.2, 0.25) is 0 Å². The Hall–Kier alpha value is -1.32. The van der Waals surface area contributed by atoms with E-state index in [1.165, 1.54) is 0 Å². The summed E-state index contributed by atoms with van der Waals surface area (Å²) in [6.07, 6.45) is 1.15. The lowest BCUT2D eigenvalue weighted by Crippen LogP contribution is -2.28. The second-order valence-electron chi connectivity index (χ2n) is 3.74. The lowest BCUT2D eigenvalue weighted by Gasteiger charge is -2.18. The molecule has 0 aliphatic rings. The minimum Gasteiger partial charge on any atom is -0.464 e. The zero-order valence-corrected chi connectivity index (χ0v) is 8.90. The Morgan fingerprint density at radius 3 is 2.87 bits per heavy atom. The minimum atomic E-state index is -0.510. The van der Waals surface area contributed by atoms with Crippen LogP contribution in [0.25, 0.3) is 11.0 Å². The number of aliphatic hydroxyl groups excluding tert-OH is 1. The van der Waals surface area contributed by atoms with Crippen molar-refractivity contribution in [2.45, 2.75) is 19.1 Å². The number of likely N-dealkylation sites (N-methyl/N-ethyl adjacent to an activating group) is 1. The highest BCUT2D eigenvalue weighted by molar-refractivity contribution is 5.77. The normalized spacial score (nSPS) is 15.4. The summed E-state index contributed by atoms with van der Waals surface area (Å²) in [5, 5.41) is 14.1. The first-order valence-corrected chi connectivity index (χ1v) is 5.05. The molecule has 0 amide bonds. The molecule has 0 saturated carbocycles. The van der Waals surface area contributed by atoms with E-state index in [1.807, 2.05) is 38.2 Å². The molecule has 3 heteroatoms. The van der Waals surface area contributed by atoms with Crippen LogP contribution < -0.4 is 5.32 Å². The van der Waals surface area contributed by atoms with Crippen molar-refractivity contribution in [2.24, 2.45) is 0 Å². The Morgan fingerprint density at radius 2 is 2.13 bits per heavy atom. The fourth-order valence-electron chi connectivity index (χ4n) is 1.60. The molecule has 15 heavy (non-hydrogen) atoms.